The number of fused-ring (bicyclic) bond motifs is 8. The lowest BCUT2D eigenvalue weighted by Gasteiger charge is -2.15. The van der Waals surface area contributed by atoms with Crippen molar-refractivity contribution in [2.75, 3.05) is 0 Å². The van der Waals surface area contributed by atoms with E-state index >= 15 is 0 Å². The molecule has 0 spiro atoms. The molecule has 0 amide bonds. The Morgan fingerprint density at radius 2 is 1.02 bits per heavy atom. The van der Waals surface area contributed by atoms with Crippen LogP contribution in [0.1, 0.15) is 0 Å². The molecule has 0 unspecified atom stereocenters. The smallest absolute Gasteiger partial charge is 0.164 e. The van der Waals surface area contributed by atoms with Crippen molar-refractivity contribution in [1.82, 2.24) is 19.5 Å². The highest BCUT2D eigenvalue weighted by Crippen LogP contribution is 2.41. The Balaban J connectivity index is 1.22. The van der Waals surface area contributed by atoms with Crippen LogP contribution in [0.2, 0.25) is 0 Å². The van der Waals surface area contributed by atoms with E-state index in [0.717, 1.165) is 38.7 Å². The van der Waals surface area contributed by atoms with Crippen LogP contribution in [0.25, 0.3) is 103 Å². The predicted molar refractivity (Wildman–Crippen MR) is 218 cm³/mol. The molecule has 0 fully saturated rings. The standard InChI is InChI=1S/C47H28N4S/c1-2-13-29(14-3-1)45-48-46(37-21-12-24-43-44(37)36-20-9-11-23-42(36)52-43)50-47(49-45)39-28-33(25-32-17-6-7-18-34(32)39)51-40-22-10-8-19-35(40)38-26-30-15-4-5-16-31(30)27-41(38)51/h1-28H. The zero-order chi connectivity index (χ0) is 34.2. The molecule has 5 heteroatoms. The van der Waals surface area contributed by atoms with Crippen molar-refractivity contribution >= 4 is 74.9 Å². The van der Waals surface area contributed by atoms with Crippen LogP contribution in [-0.2, 0) is 0 Å². The quantitative estimate of drug-likeness (QED) is 0.186. The van der Waals surface area contributed by atoms with Gasteiger partial charge in [-0.15, -0.1) is 11.3 Å². The van der Waals surface area contributed by atoms with E-state index in [9.17, 15) is 0 Å². The van der Waals surface area contributed by atoms with Crippen molar-refractivity contribution < 1.29 is 0 Å². The molecular weight excluding hydrogens is 653 g/mol. The molecule has 0 aliphatic heterocycles. The summed E-state index contributed by atoms with van der Waals surface area (Å²) in [5.41, 5.74) is 6.30. The number of nitrogens with zero attached hydrogens (tertiary/aromatic N) is 4. The molecule has 11 rings (SSSR count). The highest BCUT2D eigenvalue weighted by molar-refractivity contribution is 7.25. The molecule has 3 heterocycles. The van der Waals surface area contributed by atoms with E-state index < -0.39 is 0 Å². The van der Waals surface area contributed by atoms with Crippen molar-refractivity contribution in [3.63, 3.8) is 0 Å². The van der Waals surface area contributed by atoms with E-state index in [1.54, 1.807) is 11.3 Å². The maximum atomic E-state index is 5.35. The van der Waals surface area contributed by atoms with Crippen LogP contribution >= 0.6 is 11.3 Å². The first-order valence-corrected chi connectivity index (χ1v) is 18.3. The van der Waals surface area contributed by atoms with Crippen molar-refractivity contribution in [1.29, 1.82) is 0 Å². The van der Waals surface area contributed by atoms with Gasteiger partial charge in [0.25, 0.3) is 0 Å². The van der Waals surface area contributed by atoms with Crippen LogP contribution in [0.5, 0.6) is 0 Å². The van der Waals surface area contributed by atoms with E-state index in [4.69, 9.17) is 15.0 Å². The summed E-state index contributed by atoms with van der Waals surface area (Å²) in [4.78, 5) is 15.8. The molecule has 8 aromatic carbocycles. The molecule has 0 saturated heterocycles. The first-order chi connectivity index (χ1) is 25.8. The average molecular weight is 681 g/mol. The number of benzene rings is 8. The molecule has 4 nitrogen and oxygen atoms in total. The van der Waals surface area contributed by atoms with Crippen LogP contribution < -0.4 is 0 Å². The number of aromatic nitrogens is 4. The van der Waals surface area contributed by atoms with Gasteiger partial charge in [-0.1, -0.05) is 127 Å². The first kappa shape index (κ1) is 29.1. The zero-order valence-electron chi connectivity index (χ0n) is 27.9. The van der Waals surface area contributed by atoms with Gasteiger partial charge in [0, 0.05) is 53.3 Å². The normalized spacial score (nSPS) is 11.8. The van der Waals surface area contributed by atoms with E-state index in [1.807, 2.05) is 18.2 Å². The van der Waals surface area contributed by atoms with Gasteiger partial charge in [-0.25, -0.2) is 15.0 Å². The summed E-state index contributed by atoms with van der Waals surface area (Å²) in [6.45, 7) is 0. The van der Waals surface area contributed by atoms with Gasteiger partial charge in [-0.05, 0) is 64.0 Å². The van der Waals surface area contributed by atoms with E-state index in [0.29, 0.717) is 17.5 Å². The van der Waals surface area contributed by atoms with E-state index in [1.165, 1.54) is 47.2 Å². The zero-order valence-corrected chi connectivity index (χ0v) is 28.7. The van der Waals surface area contributed by atoms with E-state index in [2.05, 4.69) is 156 Å². The molecule has 0 atom stereocenters. The van der Waals surface area contributed by atoms with Gasteiger partial charge in [0.2, 0.25) is 0 Å². The third-order valence-corrected chi connectivity index (χ3v) is 11.3. The molecule has 0 N–H and O–H groups in total. The maximum Gasteiger partial charge on any atom is 0.164 e. The Hall–Kier alpha value is -6.69. The van der Waals surface area contributed by atoms with Gasteiger partial charge < -0.3 is 4.57 Å². The second-order valence-corrected chi connectivity index (χ2v) is 14.3. The number of hydrogen-bond donors (Lipinski definition) is 0. The van der Waals surface area contributed by atoms with Crippen LogP contribution in [0.3, 0.4) is 0 Å². The second kappa shape index (κ2) is 11.4. The lowest BCUT2D eigenvalue weighted by molar-refractivity contribution is 1.08. The summed E-state index contributed by atoms with van der Waals surface area (Å²) in [6.07, 6.45) is 0. The lowest BCUT2D eigenvalue weighted by Crippen LogP contribution is -2.02. The Morgan fingerprint density at radius 1 is 0.385 bits per heavy atom. The predicted octanol–water partition coefficient (Wildman–Crippen LogP) is 12.6. The Bertz CT molecular complexity index is 3190. The molecule has 52 heavy (non-hydrogen) atoms. The van der Waals surface area contributed by atoms with Crippen molar-refractivity contribution in [2.45, 2.75) is 0 Å². The minimum atomic E-state index is 0.643. The fourth-order valence-corrected chi connectivity index (χ4v) is 8.97. The third-order valence-electron chi connectivity index (χ3n) is 10.2. The Morgan fingerprint density at radius 3 is 1.87 bits per heavy atom. The van der Waals surface area contributed by atoms with Crippen LogP contribution in [0.15, 0.2) is 170 Å². The average Bonchev–Trinajstić information content (AvgIpc) is 3.75. The molecular formula is C47H28N4S. The molecule has 11 aromatic rings. The molecule has 0 aliphatic carbocycles. The SMILES string of the molecule is c1ccc(-c2nc(-c3cc(-n4c5ccccc5c5cc6ccccc6cc54)cc4ccccc34)nc(-c3cccc4sc5ccccc5c34)n2)cc1. The fourth-order valence-electron chi connectivity index (χ4n) is 7.84. The fraction of sp³-hybridized carbons (Fsp3) is 0. The summed E-state index contributed by atoms with van der Waals surface area (Å²) in [5.74, 6) is 1.95. The van der Waals surface area contributed by atoms with Crippen LogP contribution in [0, 0.1) is 0 Å². The second-order valence-electron chi connectivity index (χ2n) is 13.2. The summed E-state index contributed by atoms with van der Waals surface area (Å²) in [7, 11) is 0. The Labute approximate surface area is 302 Å². The molecule has 0 aliphatic rings. The van der Waals surface area contributed by atoms with Crippen molar-refractivity contribution in [3.8, 4) is 39.9 Å². The summed E-state index contributed by atoms with van der Waals surface area (Å²) in [5, 5.41) is 9.50. The van der Waals surface area contributed by atoms with Crippen molar-refractivity contribution in [3.05, 3.63) is 170 Å². The molecule has 0 bridgehead atoms. The van der Waals surface area contributed by atoms with Gasteiger partial charge in [0.1, 0.15) is 0 Å². The Kier molecular flexibility index (Phi) is 6.39. The number of thiophene rings is 1. The summed E-state index contributed by atoms with van der Waals surface area (Å²) < 4.78 is 4.86. The van der Waals surface area contributed by atoms with Crippen molar-refractivity contribution in [2.24, 2.45) is 0 Å². The highest BCUT2D eigenvalue weighted by Gasteiger charge is 2.20. The van der Waals surface area contributed by atoms with Gasteiger partial charge >= 0.3 is 0 Å². The lowest BCUT2D eigenvalue weighted by atomic mass is 10.0. The minimum Gasteiger partial charge on any atom is -0.309 e. The number of para-hydroxylation sites is 1. The third kappa shape index (κ3) is 4.50. The molecule has 0 radical (unpaired) electrons. The maximum absolute atomic E-state index is 5.35. The first-order valence-electron chi connectivity index (χ1n) is 17.4. The van der Waals surface area contributed by atoms with Crippen LogP contribution in [0.4, 0.5) is 0 Å². The van der Waals surface area contributed by atoms with E-state index in [-0.39, 0.29) is 0 Å². The van der Waals surface area contributed by atoms with Gasteiger partial charge in [0.05, 0.1) is 11.0 Å². The number of rotatable bonds is 4. The highest BCUT2D eigenvalue weighted by atomic mass is 32.1. The van der Waals surface area contributed by atoms with Crippen LogP contribution in [-0.4, -0.2) is 19.5 Å². The van der Waals surface area contributed by atoms with Gasteiger partial charge in [0.15, 0.2) is 17.5 Å². The summed E-state index contributed by atoms with van der Waals surface area (Å²) >= 11 is 1.80. The largest absolute Gasteiger partial charge is 0.309 e. The topological polar surface area (TPSA) is 43.6 Å². The number of hydrogen-bond acceptors (Lipinski definition) is 4. The van der Waals surface area contributed by atoms with Gasteiger partial charge in [-0.3, -0.25) is 0 Å². The van der Waals surface area contributed by atoms with Gasteiger partial charge in [-0.2, -0.15) is 0 Å². The summed E-state index contributed by atoms with van der Waals surface area (Å²) in [6, 6.07) is 60.3. The molecule has 3 aromatic heterocycles. The molecule has 242 valence electrons. The monoisotopic (exact) mass is 680 g/mol. The molecule has 0 saturated carbocycles. The minimum absolute atomic E-state index is 0.643.